The van der Waals surface area contributed by atoms with Gasteiger partial charge in [-0.25, -0.2) is 0 Å². The molecule has 0 spiro atoms. The maximum Gasteiger partial charge on any atom is 0.291 e. The number of nitriles is 2. The van der Waals surface area contributed by atoms with Crippen molar-refractivity contribution in [2.75, 3.05) is 0 Å². The maximum atomic E-state index is 10.7. The highest BCUT2D eigenvalue weighted by molar-refractivity contribution is 5.78. The van der Waals surface area contributed by atoms with Gasteiger partial charge >= 0.3 is 0 Å². The first-order valence-electron chi connectivity index (χ1n) is 4.17. The number of hydrogen-bond donors (Lipinski definition) is 0. The first-order valence-corrected chi connectivity index (χ1v) is 4.17. The van der Waals surface area contributed by atoms with Crippen molar-refractivity contribution >= 4 is 12.0 Å². The molecule has 0 amide bonds. The molecular formula is C10H5N3O3. The average molecular weight is 215 g/mol. The molecule has 1 aromatic carbocycles. The third-order valence-corrected chi connectivity index (χ3v) is 1.92. The van der Waals surface area contributed by atoms with Gasteiger partial charge < -0.3 is 0 Å². The second-order valence-corrected chi connectivity index (χ2v) is 2.90. The number of hydrogen-bond acceptors (Lipinski definition) is 5. The molecule has 6 nitrogen and oxygen atoms in total. The van der Waals surface area contributed by atoms with Crippen molar-refractivity contribution in [1.29, 1.82) is 10.5 Å². The van der Waals surface area contributed by atoms with Crippen LogP contribution in [0.25, 0.3) is 0 Å². The summed E-state index contributed by atoms with van der Waals surface area (Å²) in [7, 11) is 0. The Morgan fingerprint density at radius 3 is 2.56 bits per heavy atom. The van der Waals surface area contributed by atoms with Gasteiger partial charge in [0.2, 0.25) is 0 Å². The lowest BCUT2D eigenvalue weighted by atomic mass is 10.0. The molecule has 0 fully saturated rings. The summed E-state index contributed by atoms with van der Waals surface area (Å²) in [5.74, 6) is 0. The number of carbonyl (C=O) groups excluding carboxylic acids is 1. The molecule has 6 heteroatoms. The topological polar surface area (TPSA) is 108 Å². The number of benzene rings is 1. The van der Waals surface area contributed by atoms with Crippen LogP contribution in [0.15, 0.2) is 12.1 Å². The van der Waals surface area contributed by atoms with Gasteiger partial charge in [0.05, 0.1) is 17.4 Å². The van der Waals surface area contributed by atoms with Crippen LogP contribution in [0.1, 0.15) is 21.5 Å². The Kier molecular flexibility index (Phi) is 3.31. The Morgan fingerprint density at radius 1 is 1.44 bits per heavy atom. The van der Waals surface area contributed by atoms with Crippen LogP contribution in [0.4, 0.5) is 5.69 Å². The van der Waals surface area contributed by atoms with Crippen LogP contribution in [0.5, 0.6) is 0 Å². The number of nitro benzene ring substituents is 1. The van der Waals surface area contributed by atoms with Crippen molar-refractivity contribution in [2.45, 2.75) is 6.42 Å². The van der Waals surface area contributed by atoms with Gasteiger partial charge in [-0.15, -0.1) is 0 Å². The van der Waals surface area contributed by atoms with E-state index in [0.717, 1.165) is 6.07 Å². The van der Waals surface area contributed by atoms with Crippen LogP contribution >= 0.6 is 0 Å². The molecular weight excluding hydrogens is 210 g/mol. The van der Waals surface area contributed by atoms with E-state index in [-0.39, 0.29) is 23.1 Å². The van der Waals surface area contributed by atoms with Gasteiger partial charge in [-0.05, 0) is 12.1 Å². The third kappa shape index (κ3) is 2.02. The molecule has 0 aromatic heterocycles. The molecule has 0 bridgehead atoms. The van der Waals surface area contributed by atoms with E-state index >= 15 is 0 Å². The predicted octanol–water partition coefficient (Wildman–Crippen LogP) is 1.35. The second kappa shape index (κ2) is 4.67. The molecule has 0 aliphatic carbocycles. The highest BCUT2D eigenvalue weighted by Crippen LogP contribution is 2.25. The van der Waals surface area contributed by atoms with E-state index in [4.69, 9.17) is 10.5 Å². The van der Waals surface area contributed by atoms with E-state index in [1.807, 2.05) is 0 Å². The molecule has 0 saturated heterocycles. The number of rotatable bonds is 3. The number of aldehydes is 1. The van der Waals surface area contributed by atoms with Crippen LogP contribution in [-0.2, 0) is 6.42 Å². The van der Waals surface area contributed by atoms with E-state index in [2.05, 4.69) is 0 Å². The van der Waals surface area contributed by atoms with Crippen LogP contribution in [0.3, 0.4) is 0 Å². The number of nitrogens with zero attached hydrogens (tertiary/aromatic N) is 3. The summed E-state index contributed by atoms with van der Waals surface area (Å²) in [6, 6.07) is 5.77. The first kappa shape index (κ1) is 11.3. The van der Waals surface area contributed by atoms with Gasteiger partial charge in [0.25, 0.3) is 5.69 Å². The van der Waals surface area contributed by atoms with Crippen molar-refractivity contribution in [2.24, 2.45) is 0 Å². The van der Waals surface area contributed by atoms with Gasteiger partial charge in [-0.1, -0.05) is 0 Å². The summed E-state index contributed by atoms with van der Waals surface area (Å²) in [6.45, 7) is 0. The molecule has 0 aliphatic heterocycles. The van der Waals surface area contributed by atoms with Crippen LogP contribution in [0.2, 0.25) is 0 Å². The van der Waals surface area contributed by atoms with Gasteiger partial charge in [0.15, 0.2) is 0 Å². The van der Waals surface area contributed by atoms with Crippen LogP contribution < -0.4 is 0 Å². The van der Waals surface area contributed by atoms with Crippen molar-refractivity contribution < 1.29 is 9.72 Å². The highest BCUT2D eigenvalue weighted by Gasteiger charge is 2.20. The number of nitro groups is 1. The van der Waals surface area contributed by atoms with Crippen molar-refractivity contribution in [3.63, 3.8) is 0 Å². The Bertz CT molecular complexity index is 537. The summed E-state index contributed by atoms with van der Waals surface area (Å²) in [5.41, 5.74) is -0.393. The molecule has 0 radical (unpaired) electrons. The average Bonchev–Trinajstić information content (AvgIpc) is 2.27. The van der Waals surface area contributed by atoms with Gasteiger partial charge in [-0.3, -0.25) is 14.9 Å². The van der Waals surface area contributed by atoms with Crippen molar-refractivity contribution in [3.05, 3.63) is 38.9 Å². The standard InChI is InChI=1S/C10H5N3O3/c11-2-1-8-3-7(6-14)4-9(5-12)10(8)13(15)16/h3-4,6H,1H2. The normalized spacial score (nSPS) is 8.88. The Balaban J connectivity index is 3.56. The Labute approximate surface area is 90.5 Å². The molecule has 0 heterocycles. The van der Waals surface area contributed by atoms with E-state index in [1.165, 1.54) is 6.07 Å². The van der Waals surface area contributed by atoms with Crippen LogP contribution in [0, 0.1) is 32.8 Å². The zero-order valence-corrected chi connectivity index (χ0v) is 8.01. The summed E-state index contributed by atoms with van der Waals surface area (Å²) in [5, 5.41) is 28.0. The van der Waals surface area contributed by atoms with Crippen LogP contribution in [-0.4, -0.2) is 11.2 Å². The molecule has 1 aromatic rings. The second-order valence-electron chi connectivity index (χ2n) is 2.90. The smallest absolute Gasteiger partial charge is 0.291 e. The zero-order valence-electron chi connectivity index (χ0n) is 8.01. The minimum atomic E-state index is -0.722. The van der Waals surface area contributed by atoms with Crippen molar-refractivity contribution in [1.82, 2.24) is 0 Å². The lowest BCUT2D eigenvalue weighted by Crippen LogP contribution is -2.00. The monoisotopic (exact) mass is 215 g/mol. The summed E-state index contributed by atoms with van der Waals surface area (Å²) in [4.78, 5) is 20.6. The van der Waals surface area contributed by atoms with E-state index in [9.17, 15) is 14.9 Å². The molecule has 0 N–H and O–H groups in total. The Hall–Kier alpha value is -2.73. The van der Waals surface area contributed by atoms with E-state index < -0.39 is 10.6 Å². The highest BCUT2D eigenvalue weighted by atomic mass is 16.6. The van der Waals surface area contributed by atoms with E-state index in [0.29, 0.717) is 6.29 Å². The lowest BCUT2D eigenvalue weighted by molar-refractivity contribution is -0.385. The fourth-order valence-electron chi connectivity index (χ4n) is 1.31. The van der Waals surface area contributed by atoms with Gasteiger partial charge in [0.1, 0.15) is 17.9 Å². The summed E-state index contributed by atoms with van der Waals surface area (Å²) < 4.78 is 0. The van der Waals surface area contributed by atoms with E-state index in [1.54, 1.807) is 12.1 Å². The molecule has 0 aliphatic rings. The number of carbonyl (C=O) groups is 1. The fraction of sp³-hybridized carbons (Fsp3) is 0.100. The largest absolute Gasteiger partial charge is 0.298 e. The molecule has 0 unspecified atom stereocenters. The molecule has 1 rings (SSSR count). The fourth-order valence-corrected chi connectivity index (χ4v) is 1.31. The third-order valence-electron chi connectivity index (χ3n) is 1.92. The van der Waals surface area contributed by atoms with Gasteiger partial charge in [-0.2, -0.15) is 10.5 Å². The molecule has 16 heavy (non-hydrogen) atoms. The molecule has 0 saturated carbocycles. The maximum absolute atomic E-state index is 10.7. The molecule has 78 valence electrons. The SMILES string of the molecule is N#CCc1cc(C=O)cc(C#N)c1[N+](=O)[O-]. The molecule has 0 atom stereocenters. The lowest BCUT2D eigenvalue weighted by Gasteiger charge is -2.01. The quantitative estimate of drug-likeness (QED) is 0.429. The van der Waals surface area contributed by atoms with Crippen molar-refractivity contribution in [3.8, 4) is 12.1 Å². The van der Waals surface area contributed by atoms with Gasteiger partial charge in [0, 0.05) is 11.1 Å². The predicted molar refractivity (Wildman–Crippen MR) is 52.5 cm³/mol. The Morgan fingerprint density at radius 2 is 2.12 bits per heavy atom. The summed E-state index contributed by atoms with van der Waals surface area (Å²) >= 11 is 0. The zero-order chi connectivity index (χ0) is 12.1. The minimum absolute atomic E-state index is 0.0775. The minimum Gasteiger partial charge on any atom is -0.298 e. The summed E-state index contributed by atoms with van der Waals surface area (Å²) in [6.07, 6.45) is 0.262. The first-order chi connectivity index (χ1) is 7.63.